The van der Waals surface area contributed by atoms with Gasteiger partial charge in [0.25, 0.3) is 5.91 Å². The van der Waals surface area contributed by atoms with Crippen molar-refractivity contribution in [3.8, 4) is 11.5 Å². The first-order chi connectivity index (χ1) is 17.5. The van der Waals surface area contributed by atoms with Crippen molar-refractivity contribution in [2.45, 2.75) is 6.61 Å². The van der Waals surface area contributed by atoms with Crippen LogP contribution >= 0.6 is 39.9 Å². The highest BCUT2D eigenvalue weighted by molar-refractivity contribution is 9.10. The fraction of sp³-hybridized carbons (Fsp3) is 0.115. The topological polar surface area (TPSA) is 88.7 Å². The Morgan fingerprint density at radius 3 is 2.58 bits per heavy atom. The lowest BCUT2D eigenvalue weighted by Crippen LogP contribution is -2.32. The van der Waals surface area contributed by atoms with Gasteiger partial charge in [0.2, 0.25) is 0 Å². The number of amides is 3. The SMILES string of the molecule is O=C(NCCOc1ccc(/C=C2\SC(=S)NC2=O)c(OCc2ccccc2Br)c1)Nc1ccccc1. The van der Waals surface area contributed by atoms with E-state index in [0.29, 0.717) is 39.6 Å². The zero-order valence-corrected chi connectivity index (χ0v) is 22.2. The molecule has 1 heterocycles. The molecule has 0 saturated carbocycles. The number of carbonyl (C=O) groups is 2. The Bertz CT molecular complexity index is 1300. The van der Waals surface area contributed by atoms with Crippen LogP contribution < -0.4 is 25.4 Å². The summed E-state index contributed by atoms with van der Waals surface area (Å²) >= 11 is 9.83. The Kier molecular flexibility index (Phi) is 8.99. The number of rotatable bonds is 9. The van der Waals surface area contributed by atoms with E-state index < -0.39 is 0 Å². The fourth-order valence-electron chi connectivity index (χ4n) is 3.21. The molecule has 3 N–H and O–H groups in total. The summed E-state index contributed by atoms with van der Waals surface area (Å²) in [6, 6.07) is 22.0. The molecule has 0 bridgehead atoms. The van der Waals surface area contributed by atoms with E-state index in [1.807, 2.05) is 60.7 Å². The van der Waals surface area contributed by atoms with E-state index in [4.69, 9.17) is 21.7 Å². The first kappa shape index (κ1) is 25.7. The van der Waals surface area contributed by atoms with Crippen LogP contribution in [0.2, 0.25) is 0 Å². The third-order valence-corrected chi connectivity index (χ3v) is 6.88. The number of halogens is 1. The van der Waals surface area contributed by atoms with Gasteiger partial charge in [0.05, 0.1) is 11.4 Å². The van der Waals surface area contributed by atoms with Crippen LogP contribution in [0, 0.1) is 0 Å². The monoisotopic (exact) mass is 583 g/mol. The Morgan fingerprint density at radius 1 is 1.06 bits per heavy atom. The molecule has 0 aromatic heterocycles. The lowest BCUT2D eigenvalue weighted by molar-refractivity contribution is -0.115. The number of para-hydroxylation sites is 1. The lowest BCUT2D eigenvalue weighted by Gasteiger charge is -2.14. The van der Waals surface area contributed by atoms with Crippen molar-refractivity contribution >= 4 is 67.9 Å². The van der Waals surface area contributed by atoms with Gasteiger partial charge in [0.15, 0.2) is 0 Å². The number of hydrogen-bond donors (Lipinski definition) is 3. The second-order valence-corrected chi connectivity index (χ2v) is 10.1. The Hall–Kier alpha value is -3.34. The molecule has 184 valence electrons. The van der Waals surface area contributed by atoms with Gasteiger partial charge >= 0.3 is 6.03 Å². The zero-order valence-electron chi connectivity index (χ0n) is 19.0. The van der Waals surface area contributed by atoms with Crippen molar-refractivity contribution < 1.29 is 19.1 Å². The van der Waals surface area contributed by atoms with Crippen LogP contribution in [0.3, 0.4) is 0 Å². The molecule has 0 spiro atoms. The van der Waals surface area contributed by atoms with Gasteiger partial charge in [-0.15, -0.1) is 0 Å². The van der Waals surface area contributed by atoms with Gasteiger partial charge in [-0.05, 0) is 36.4 Å². The summed E-state index contributed by atoms with van der Waals surface area (Å²) in [6.07, 6.45) is 1.74. The second-order valence-electron chi connectivity index (χ2n) is 7.53. The summed E-state index contributed by atoms with van der Waals surface area (Å²) in [5.74, 6) is 0.891. The van der Waals surface area contributed by atoms with Crippen LogP contribution in [0.15, 0.2) is 82.2 Å². The molecule has 1 saturated heterocycles. The molecule has 10 heteroatoms. The van der Waals surface area contributed by atoms with E-state index in [-0.39, 0.29) is 18.5 Å². The summed E-state index contributed by atoms with van der Waals surface area (Å²) in [4.78, 5) is 24.7. The van der Waals surface area contributed by atoms with Crippen LogP contribution in [0.4, 0.5) is 10.5 Å². The summed E-state index contributed by atoms with van der Waals surface area (Å²) in [5.41, 5.74) is 2.41. The number of hydrogen-bond acceptors (Lipinski definition) is 6. The van der Waals surface area contributed by atoms with Crippen LogP contribution in [0.1, 0.15) is 11.1 Å². The molecule has 3 aromatic carbocycles. The highest BCUT2D eigenvalue weighted by atomic mass is 79.9. The van der Waals surface area contributed by atoms with Crippen molar-refractivity contribution in [2.24, 2.45) is 0 Å². The number of thioether (sulfide) groups is 1. The molecule has 0 unspecified atom stereocenters. The molecular formula is C26H22BrN3O4S2. The molecule has 4 rings (SSSR count). The molecule has 0 radical (unpaired) electrons. The number of thiocarbonyl (C=S) groups is 1. The maximum atomic E-state index is 12.1. The van der Waals surface area contributed by atoms with E-state index in [1.54, 1.807) is 18.2 Å². The summed E-state index contributed by atoms with van der Waals surface area (Å²) in [5, 5.41) is 8.13. The smallest absolute Gasteiger partial charge is 0.319 e. The third-order valence-electron chi connectivity index (χ3n) is 4.94. The summed E-state index contributed by atoms with van der Waals surface area (Å²) in [6.45, 7) is 0.894. The predicted octanol–water partition coefficient (Wildman–Crippen LogP) is 5.72. The van der Waals surface area contributed by atoms with E-state index >= 15 is 0 Å². The van der Waals surface area contributed by atoms with E-state index in [2.05, 4.69) is 31.9 Å². The molecule has 1 aliphatic heterocycles. The number of anilines is 1. The van der Waals surface area contributed by atoms with Crippen molar-refractivity contribution in [2.75, 3.05) is 18.5 Å². The molecular weight excluding hydrogens is 562 g/mol. The summed E-state index contributed by atoms with van der Waals surface area (Å²) < 4.78 is 13.3. The minimum Gasteiger partial charge on any atom is -0.492 e. The van der Waals surface area contributed by atoms with Crippen molar-refractivity contribution in [3.05, 3.63) is 93.3 Å². The second kappa shape index (κ2) is 12.6. The van der Waals surface area contributed by atoms with E-state index in [9.17, 15) is 9.59 Å². The molecule has 3 aromatic rings. The summed E-state index contributed by atoms with van der Waals surface area (Å²) in [7, 11) is 0. The van der Waals surface area contributed by atoms with Gasteiger partial charge < -0.3 is 25.4 Å². The van der Waals surface area contributed by atoms with Crippen LogP contribution in [0.25, 0.3) is 6.08 Å². The van der Waals surface area contributed by atoms with Crippen LogP contribution in [-0.2, 0) is 11.4 Å². The molecule has 3 amide bonds. The maximum Gasteiger partial charge on any atom is 0.319 e. The maximum absolute atomic E-state index is 12.1. The normalized spacial score (nSPS) is 13.9. The number of carbonyl (C=O) groups excluding carboxylic acids is 2. The van der Waals surface area contributed by atoms with Crippen molar-refractivity contribution in [3.63, 3.8) is 0 Å². The van der Waals surface area contributed by atoms with Crippen molar-refractivity contribution in [1.82, 2.24) is 10.6 Å². The molecule has 0 atom stereocenters. The number of benzene rings is 3. The quantitative estimate of drug-likeness (QED) is 0.170. The lowest BCUT2D eigenvalue weighted by atomic mass is 10.1. The van der Waals surface area contributed by atoms with E-state index in [1.165, 1.54) is 11.8 Å². The van der Waals surface area contributed by atoms with Crippen LogP contribution in [0.5, 0.6) is 11.5 Å². The number of urea groups is 1. The van der Waals surface area contributed by atoms with E-state index in [0.717, 1.165) is 15.6 Å². The van der Waals surface area contributed by atoms with Crippen LogP contribution in [-0.4, -0.2) is 29.4 Å². The zero-order chi connectivity index (χ0) is 25.3. The molecule has 36 heavy (non-hydrogen) atoms. The fourth-order valence-corrected chi connectivity index (χ4v) is 4.65. The minimum atomic E-state index is -0.311. The van der Waals surface area contributed by atoms with Gasteiger partial charge in [0.1, 0.15) is 29.0 Å². The predicted molar refractivity (Wildman–Crippen MR) is 150 cm³/mol. The Labute approximate surface area is 226 Å². The molecule has 0 aliphatic carbocycles. The standard InChI is InChI=1S/C26H22BrN3O4S2/c27-21-9-5-4-6-18(21)16-34-22-15-20(11-10-17(22)14-23-24(31)30-26(35)36-23)33-13-12-28-25(32)29-19-7-2-1-3-8-19/h1-11,14-15H,12-13,16H2,(H2,28,29,32)(H,30,31,35)/b23-14-. The van der Waals surface area contributed by atoms with Gasteiger partial charge in [0, 0.05) is 27.4 Å². The number of nitrogens with one attached hydrogen (secondary N) is 3. The average Bonchev–Trinajstić information content (AvgIpc) is 3.19. The van der Waals surface area contributed by atoms with Crippen molar-refractivity contribution in [1.29, 1.82) is 0 Å². The molecule has 1 fully saturated rings. The minimum absolute atomic E-state index is 0.234. The largest absolute Gasteiger partial charge is 0.492 e. The molecule has 7 nitrogen and oxygen atoms in total. The van der Waals surface area contributed by atoms with Gasteiger partial charge in [-0.2, -0.15) is 0 Å². The highest BCUT2D eigenvalue weighted by Gasteiger charge is 2.22. The van der Waals surface area contributed by atoms with Gasteiger partial charge in [-0.25, -0.2) is 4.79 Å². The number of ether oxygens (including phenoxy) is 2. The first-order valence-electron chi connectivity index (χ1n) is 11.0. The Balaban J connectivity index is 1.41. The Morgan fingerprint density at radius 2 is 1.83 bits per heavy atom. The highest BCUT2D eigenvalue weighted by Crippen LogP contribution is 2.32. The van der Waals surface area contributed by atoms with Gasteiger partial charge in [-0.1, -0.05) is 76.3 Å². The third kappa shape index (κ3) is 7.33. The molecule has 1 aliphatic rings. The average molecular weight is 585 g/mol. The van der Waals surface area contributed by atoms with Gasteiger partial charge in [-0.3, -0.25) is 4.79 Å². The first-order valence-corrected chi connectivity index (χ1v) is 13.0.